The van der Waals surface area contributed by atoms with E-state index in [0.29, 0.717) is 5.02 Å². The van der Waals surface area contributed by atoms with Crippen LogP contribution in [0.2, 0.25) is 5.02 Å². The van der Waals surface area contributed by atoms with Crippen LogP contribution in [0.25, 0.3) is 0 Å². The Morgan fingerprint density at radius 2 is 2.31 bits per heavy atom. The fraction of sp³-hybridized carbons (Fsp3) is 0. The summed E-state index contributed by atoms with van der Waals surface area (Å²) in [7, 11) is 0. The van der Waals surface area contributed by atoms with Crippen LogP contribution in [0.5, 0.6) is 5.75 Å². The van der Waals surface area contributed by atoms with Crippen LogP contribution in [0, 0.1) is 0 Å². The lowest BCUT2D eigenvalue weighted by molar-refractivity contribution is 0.102. The van der Waals surface area contributed by atoms with Gasteiger partial charge >= 0.3 is 0 Å². The van der Waals surface area contributed by atoms with Gasteiger partial charge in [0.1, 0.15) is 5.75 Å². The maximum absolute atomic E-state index is 11.7. The lowest BCUT2D eigenvalue weighted by Crippen LogP contribution is -2.11. The van der Waals surface area contributed by atoms with E-state index in [-0.39, 0.29) is 16.4 Å². The minimum absolute atomic E-state index is 0.0719. The predicted octanol–water partition coefficient (Wildman–Crippen LogP) is 1.54. The second-order valence-corrected chi connectivity index (χ2v) is 3.95. The number of aromatic hydroxyl groups is 1. The highest BCUT2D eigenvalue weighted by Crippen LogP contribution is 2.22. The highest BCUT2D eigenvalue weighted by molar-refractivity contribution is 7.09. The number of amides is 1. The van der Waals surface area contributed by atoms with Crippen molar-refractivity contribution in [2.45, 2.75) is 0 Å². The van der Waals surface area contributed by atoms with Crippen LogP contribution in [0.1, 0.15) is 10.4 Å². The molecule has 0 bridgehead atoms. The molecular formula is C8H5ClN4O2S. The number of nitrogens with one attached hydrogen (secondary N) is 1. The number of phenols is 1. The first kappa shape index (κ1) is 10.8. The number of hydrogen-bond donors (Lipinski definition) is 2. The number of rotatable bonds is 2. The van der Waals surface area contributed by atoms with Crippen LogP contribution in [0.15, 0.2) is 18.2 Å². The van der Waals surface area contributed by atoms with Gasteiger partial charge in [-0.25, -0.2) is 0 Å². The van der Waals surface area contributed by atoms with E-state index in [0.717, 1.165) is 11.5 Å². The third kappa shape index (κ3) is 2.26. The van der Waals surface area contributed by atoms with Gasteiger partial charge in [0.05, 0.1) is 5.56 Å². The summed E-state index contributed by atoms with van der Waals surface area (Å²) >= 11 is 6.65. The highest BCUT2D eigenvalue weighted by Gasteiger charge is 2.13. The van der Waals surface area contributed by atoms with Crippen LogP contribution in [-0.4, -0.2) is 25.8 Å². The lowest BCUT2D eigenvalue weighted by atomic mass is 10.2. The molecule has 1 aromatic carbocycles. The highest BCUT2D eigenvalue weighted by atomic mass is 35.5. The standard InChI is InChI=1S/C8H5ClN4O2S/c9-4-1-2-6(14)5(3-4)7(15)10-8-11-12-13-16-8/h1-3,14H,(H,10,11,13,15). The number of carbonyl (C=O) groups excluding carboxylic acids is 1. The molecule has 16 heavy (non-hydrogen) atoms. The number of halogens is 1. The summed E-state index contributed by atoms with van der Waals surface area (Å²) < 4.78 is 3.49. The van der Waals surface area contributed by atoms with Gasteiger partial charge in [0, 0.05) is 16.6 Å². The number of nitrogens with zero attached hydrogens (tertiary/aromatic N) is 3. The molecule has 0 spiro atoms. The van der Waals surface area contributed by atoms with Crippen molar-refractivity contribution in [2.24, 2.45) is 0 Å². The second-order valence-electron chi connectivity index (χ2n) is 2.78. The zero-order chi connectivity index (χ0) is 11.5. The van der Waals surface area contributed by atoms with E-state index in [2.05, 4.69) is 20.1 Å². The van der Waals surface area contributed by atoms with Gasteiger partial charge in [-0.3, -0.25) is 10.1 Å². The molecule has 8 heteroatoms. The summed E-state index contributed by atoms with van der Waals surface area (Å²) in [4.78, 5) is 11.7. The molecule has 82 valence electrons. The Labute approximate surface area is 99.0 Å². The molecule has 0 aliphatic carbocycles. The average Bonchev–Trinajstić information content (AvgIpc) is 2.74. The molecule has 2 aromatic rings. The van der Waals surface area contributed by atoms with Crippen molar-refractivity contribution in [3.63, 3.8) is 0 Å². The second kappa shape index (κ2) is 4.42. The summed E-state index contributed by atoms with van der Waals surface area (Å²) in [5.41, 5.74) is 0.0719. The van der Waals surface area contributed by atoms with E-state index >= 15 is 0 Å². The number of hydrogen-bond acceptors (Lipinski definition) is 6. The molecule has 2 rings (SSSR count). The SMILES string of the molecule is O=C(Nc1nnns1)c1cc(Cl)ccc1O. The number of anilines is 1. The maximum atomic E-state index is 11.7. The van der Waals surface area contributed by atoms with Crippen molar-refractivity contribution in [3.05, 3.63) is 28.8 Å². The van der Waals surface area contributed by atoms with Crippen LogP contribution in [0.4, 0.5) is 5.13 Å². The predicted molar refractivity (Wildman–Crippen MR) is 58.8 cm³/mol. The zero-order valence-electron chi connectivity index (χ0n) is 7.72. The summed E-state index contributed by atoms with van der Waals surface area (Å²) in [5.74, 6) is -0.669. The monoisotopic (exact) mass is 256 g/mol. The molecule has 1 heterocycles. The summed E-state index contributed by atoms with van der Waals surface area (Å²) in [6.45, 7) is 0. The fourth-order valence-corrected chi connectivity index (χ4v) is 1.57. The molecule has 0 aliphatic heterocycles. The zero-order valence-corrected chi connectivity index (χ0v) is 9.29. The molecule has 6 nitrogen and oxygen atoms in total. The van der Waals surface area contributed by atoms with E-state index in [1.807, 2.05) is 0 Å². The Morgan fingerprint density at radius 3 is 3.00 bits per heavy atom. The van der Waals surface area contributed by atoms with Crippen molar-refractivity contribution < 1.29 is 9.90 Å². The van der Waals surface area contributed by atoms with E-state index in [4.69, 9.17) is 11.6 Å². The van der Waals surface area contributed by atoms with Crippen LogP contribution in [0.3, 0.4) is 0 Å². The smallest absolute Gasteiger partial charge is 0.261 e. The maximum Gasteiger partial charge on any atom is 0.261 e. The summed E-state index contributed by atoms with van der Waals surface area (Å²) in [6.07, 6.45) is 0. The molecule has 0 fully saturated rings. The third-order valence-corrected chi connectivity index (χ3v) is 2.47. The molecule has 0 unspecified atom stereocenters. The molecule has 0 saturated carbocycles. The normalized spacial score (nSPS) is 10.1. The van der Waals surface area contributed by atoms with Gasteiger partial charge < -0.3 is 5.11 Å². The Morgan fingerprint density at radius 1 is 1.50 bits per heavy atom. The molecule has 0 aliphatic rings. The molecule has 1 aromatic heterocycles. The van der Waals surface area contributed by atoms with Crippen molar-refractivity contribution in [2.75, 3.05) is 5.32 Å². The fourth-order valence-electron chi connectivity index (χ4n) is 1.04. The largest absolute Gasteiger partial charge is 0.507 e. The Bertz CT molecular complexity index is 517. The van der Waals surface area contributed by atoms with Gasteiger partial charge in [0.25, 0.3) is 5.91 Å². The van der Waals surface area contributed by atoms with Crippen molar-refractivity contribution in [1.29, 1.82) is 0 Å². The first-order valence-electron chi connectivity index (χ1n) is 4.12. The van der Waals surface area contributed by atoms with Gasteiger partial charge in [0.2, 0.25) is 5.13 Å². The molecule has 0 saturated heterocycles. The quantitative estimate of drug-likeness (QED) is 0.851. The van der Waals surface area contributed by atoms with Gasteiger partial charge in [-0.05, 0) is 23.4 Å². The van der Waals surface area contributed by atoms with Gasteiger partial charge in [-0.2, -0.15) is 0 Å². The number of aromatic nitrogens is 3. The lowest BCUT2D eigenvalue weighted by Gasteiger charge is -2.03. The van der Waals surface area contributed by atoms with Crippen molar-refractivity contribution >= 4 is 34.2 Å². The first-order valence-corrected chi connectivity index (χ1v) is 5.27. The topological polar surface area (TPSA) is 88.0 Å². The van der Waals surface area contributed by atoms with E-state index in [9.17, 15) is 9.90 Å². The first-order chi connectivity index (χ1) is 7.66. The molecule has 2 N–H and O–H groups in total. The number of phenolic OH excluding ortho intramolecular Hbond substituents is 1. The summed E-state index contributed by atoms with van der Waals surface area (Å²) in [5, 5.41) is 19.4. The van der Waals surface area contributed by atoms with E-state index < -0.39 is 5.91 Å². The average molecular weight is 257 g/mol. The minimum atomic E-state index is -0.515. The molecular weight excluding hydrogens is 252 g/mol. The molecule has 1 amide bonds. The van der Waals surface area contributed by atoms with E-state index in [1.165, 1.54) is 18.2 Å². The molecule has 0 atom stereocenters. The third-order valence-electron chi connectivity index (χ3n) is 1.72. The van der Waals surface area contributed by atoms with E-state index in [1.54, 1.807) is 0 Å². The number of carbonyl (C=O) groups is 1. The van der Waals surface area contributed by atoms with Crippen LogP contribution in [-0.2, 0) is 0 Å². The minimum Gasteiger partial charge on any atom is -0.507 e. The Kier molecular flexibility index (Phi) is 2.97. The van der Waals surface area contributed by atoms with Gasteiger partial charge in [0.15, 0.2) is 0 Å². The summed E-state index contributed by atoms with van der Waals surface area (Å²) in [6, 6.07) is 4.19. The van der Waals surface area contributed by atoms with Crippen LogP contribution < -0.4 is 5.32 Å². The van der Waals surface area contributed by atoms with Gasteiger partial charge in [-0.1, -0.05) is 21.2 Å². The Hall–Kier alpha value is -1.73. The Balaban J connectivity index is 2.24. The van der Waals surface area contributed by atoms with Gasteiger partial charge in [-0.15, -0.1) is 0 Å². The van der Waals surface area contributed by atoms with Crippen molar-refractivity contribution in [1.82, 2.24) is 14.8 Å². The molecule has 0 radical (unpaired) electrons. The van der Waals surface area contributed by atoms with Crippen LogP contribution >= 0.6 is 23.1 Å². The number of benzene rings is 1. The van der Waals surface area contributed by atoms with Crippen molar-refractivity contribution in [3.8, 4) is 5.75 Å².